The maximum atomic E-state index is 9.91. The molecule has 0 aromatic carbocycles. The molecular weight excluding hydrogens is 167 g/mol. The Bertz CT molecular complexity index is 138. The predicted molar refractivity (Wildman–Crippen MR) is 44.1 cm³/mol. The molecule has 0 aliphatic carbocycles. The lowest BCUT2D eigenvalue weighted by molar-refractivity contribution is 0.156. The van der Waals surface area contributed by atoms with Gasteiger partial charge in [0.1, 0.15) is 0 Å². The first-order chi connectivity index (χ1) is 4.83. The highest BCUT2D eigenvalue weighted by Crippen LogP contribution is 2.37. The molecule has 0 spiro atoms. The van der Waals surface area contributed by atoms with Crippen molar-refractivity contribution >= 4 is 7.82 Å². The van der Waals surface area contributed by atoms with Crippen LogP contribution >= 0.6 is 7.82 Å². The third kappa shape index (κ3) is 25.8. The van der Waals surface area contributed by atoms with Gasteiger partial charge in [0.15, 0.2) is 0 Å². The smallest absolute Gasteiger partial charge is 0.303 e. The predicted octanol–water partition coefficient (Wildman–Crippen LogP) is 1.70. The van der Waals surface area contributed by atoms with Crippen molar-refractivity contribution in [1.82, 2.24) is 0 Å². The van der Waals surface area contributed by atoms with Crippen LogP contribution in [0.25, 0.3) is 0 Å². The number of allylic oxidation sites excluding steroid dienone is 1. The average molecular weight is 182 g/mol. The minimum atomic E-state index is -4.22. The van der Waals surface area contributed by atoms with Gasteiger partial charge in [0.05, 0.1) is 6.10 Å². The van der Waals surface area contributed by atoms with Gasteiger partial charge in [-0.05, 0) is 20.8 Å². The zero-order chi connectivity index (χ0) is 9.49. The van der Waals surface area contributed by atoms with E-state index in [0.29, 0.717) is 0 Å². The third-order valence-corrected chi connectivity index (χ3v) is 1.04. The molecule has 0 aromatic heterocycles. The Morgan fingerprint density at radius 1 is 1.55 bits per heavy atom. The Kier molecular flexibility index (Phi) is 8.01. The van der Waals surface area contributed by atoms with E-state index in [-0.39, 0.29) is 0 Å². The lowest BCUT2D eigenvalue weighted by Crippen LogP contribution is -1.98. The van der Waals surface area contributed by atoms with Crippen LogP contribution in [0.2, 0.25) is 0 Å². The van der Waals surface area contributed by atoms with Crippen LogP contribution in [0.3, 0.4) is 0 Å². The van der Waals surface area contributed by atoms with Crippen LogP contribution in [0.15, 0.2) is 12.7 Å². The van der Waals surface area contributed by atoms with Crippen LogP contribution in [0.4, 0.5) is 0 Å². The molecule has 0 aliphatic heterocycles. The van der Waals surface area contributed by atoms with E-state index in [1.54, 1.807) is 19.9 Å². The second-order valence-electron chi connectivity index (χ2n) is 2.05. The second-order valence-corrected chi connectivity index (χ2v) is 3.24. The van der Waals surface area contributed by atoms with Gasteiger partial charge in [-0.2, -0.15) is 0 Å². The van der Waals surface area contributed by atoms with Gasteiger partial charge in [0.2, 0.25) is 0 Å². The van der Waals surface area contributed by atoms with Crippen LogP contribution in [-0.2, 0) is 9.09 Å². The molecule has 0 aromatic rings. The van der Waals surface area contributed by atoms with Gasteiger partial charge >= 0.3 is 7.82 Å². The molecule has 4 nitrogen and oxygen atoms in total. The first kappa shape index (κ1) is 13.4. The van der Waals surface area contributed by atoms with Gasteiger partial charge in [-0.3, -0.25) is 4.52 Å². The van der Waals surface area contributed by atoms with Gasteiger partial charge < -0.3 is 9.79 Å². The monoisotopic (exact) mass is 182 g/mol. The summed E-state index contributed by atoms with van der Waals surface area (Å²) in [5.74, 6) is 0. The molecule has 0 aliphatic rings. The van der Waals surface area contributed by atoms with E-state index in [9.17, 15) is 4.57 Å². The first-order valence-corrected chi connectivity index (χ1v) is 4.67. The number of rotatable bonds is 2. The van der Waals surface area contributed by atoms with E-state index in [1.807, 2.05) is 6.92 Å². The summed E-state index contributed by atoms with van der Waals surface area (Å²) in [6.07, 6.45) is 1.33. The summed E-state index contributed by atoms with van der Waals surface area (Å²) in [6, 6.07) is 0. The molecule has 0 saturated heterocycles. The summed E-state index contributed by atoms with van der Waals surface area (Å²) in [5, 5.41) is 0. The lowest BCUT2D eigenvalue weighted by atomic mass is 10.5. The molecule has 11 heavy (non-hydrogen) atoms. The largest absolute Gasteiger partial charge is 0.469 e. The highest BCUT2D eigenvalue weighted by atomic mass is 31.2. The van der Waals surface area contributed by atoms with Gasteiger partial charge in [-0.15, -0.1) is 6.58 Å². The zero-order valence-corrected chi connectivity index (χ0v) is 7.91. The molecule has 2 N–H and O–H groups in total. The molecule has 0 radical (unpaired) electrons. The van der Waals surface area contributed by atoms with E-state index in [4.69, 9.17) is 9.79 Å². The van der Waals surface area contributed by atoms with Crippen molar-refractivity contribution in [3.63, 3.8) is 0 Å². The molecule has 0 saturated carbocycles. The van der Waals surface area contributed by atoms with Crippen LogP contribution in [0.1, 0.15) is 20.8 Å². The van der Waals surface area contributed by atoms with Crippen molar-refractivity contribution in [3.8, 4) is 0 Å². The van der Waals surface area contributed by atoms with Crippen molar-refractivity contribution in [3.05, 3.63) is 12.7 Å². The molecule has 0 unspecified atom stereocenters. The zero-order valence-electron chi connectivity index (χ0n) is 7.02. The van der Waals surface area contributed by atoms with E-state index >= 15 is 0 Å². The highest BCUT2D eigenvalue weighted by molar-refractivity contribution is 7.46. The molecule has 0 rings (SSSR count). The number of hydrogen-bond donors (Lipinski definition) is 2. The summed E-state index contributed by atoms with van der Waals surface area (Å²) in [7, 11) is -4.22. The lowest BCUT2D eigenvalue weighted by Gasteiger charge is -2.06. The standard InChI is InChI=1S/C3H9O4P.C3H6/c1-3(2)7-8(4,5)6;1-3-2/h3H,1-2H3,(H2,4,5,6);3H,1H2,2H3. The van der Waals surface area contributed by atoms with Crippen molar-refractivity contribution in [2.45, 2.75) is 26.9 Å². The van der Waals surface area contributed by atoms with Crippen molar-refractivity contribution in [2.75, 3.05) is 0 Å². The number of hydrogen-bond acceptors (Lipinski definition) is 2. The maximum absolute atomic E-state index is 9.91. The van der Waals surface area contributed by atoms with Crippen molar-refractivity contribution in [1.29, 1.82) is 0 Å². The normalized spacial score (nSPS) is 10.4. The minimum absolute atomic E-state index is 0.421. The molecule has 0 heterocycles. The fraction of sp³-hybridized carbons (Fsp3) is 0.667. The fourth-order valence-corrected chi connectivity index (χ4v) is 0.824. The Labute approximate surface area is 67.1 Å². The van der Waals surface area contributed by atoms with Crippen LogP contribution in [0.5, 0.6) is 0 Å². The van der Waals surface area contributed by atoms with Gasteiger partial charge in [-0.25, -0.2) is 4.57 Å². The quantitative estimate of drug-likeness (QED) is 0.503. The Balaban J connectivity index is 0. The number of phosphoric ester groups is 1. The first-order valence-electron chi connectivity index (χ1n) is 3.14. The average Bonchev–Trinajstić information content (AvgIpc) is 1.57. The van der Waals surface area contributed by atoms with E-state index in [2.05, 4.69) is 11.1 Å². The van der Waals surface area contributed by atoms with Crippen LogP contribution in [-0.4, -0.2) is 15.9 Å². The van der Waals surface area contributed by atoms with Gasteiger partial charge in [-0.1, -0.05) is 6.08 Å². The molecule has 5 heteroatoms. The summed E-state index contributed by atoms with van der Waals surface area (Å²) < 4.78 is 14.0. The maximum Gasteiger partial charge on any atom is 0.469 e. The third-order valence-electron chi connectivity index (χ3n) is 0.348. The highest BCUT2D eigenvalue weighted by Gasteiger charge is 2.14. The van der Waals surface area contributed by atoms with Gasteiger partial charge in [0.25, 0.3) is 0 Å². The topological polar surface area (TPSA) is 66.8 Å². The summed E-state index contributed by atoms with van der Waals surface area (Å²) in [4.78, 5) is 16.2. The minimum Gasteiger partial charge on any atom is -0.303 e. The summed E-state index contributed by atoms with van der Waals surface area (Å²) in [6.45, 7) is 8.36. The van der Waals surface area contributed by atoms with Crippen molar-refractivity contribution in [2.24, 2.45) is 0 Å². The molecule has 0 bridgehead atoms. The summed E-state index contributed by atoms with van der Waals surface area (Å²) >= 11 is 0. The van der Waals surface area contributed by atoms with Crippen LogP contribution in [0, 0.1) is 0 Å². The molecule has 0 amide bonds. The van der Waals surface area contributed by atoms with Gasteiger partial charge in [0, 0.05) is 0 Å². The second kappa shape index (κ2) is 6.55. The Hall–Kier alpha value is -0.150. The molecular formula is C6H15O4P. The van der Waals surface area contributed by atoms with E-state index in [0.717, 1.165) is 0 Å². The SMILES string of the molecule is C=CC.CC(C)OP(=O)(O)O. The van der Waals surface area contributed by atoms with Crippen LogP contribution < -0.4 is 0 Å². The molecule has 68 valence electrons. The Morgan fingerprint density at radius 2 is 1.82 bits per heavy atom. The number of phosphoric acid groups is 1. The molecule has 0 atom stereocenters. The van der Waals surface area contributed by atoms with E-state index < -0.39 is 13.9 Å². The molecule has 0 fully saturated rings. The fourth-order valence-electron chi connectivity index (χ4n) is 0.275. The summed E-state index contributed by atoms with van der Waals surface area (Å²) in [5.41, 5.74) is 0. The Morgan fingerprint density at radius 3 is 1.82 bits per heavy atom. The van der Waals surface area contributed by atoms with Crippen molar-refractivity contribution < 1.29 is 18.9 Å². The van der Waals surface area contributed by atoms with E-state index in [1.165, 1.54) is 0 Å².